The van der Waals surface area contributed by atoms with Crippen molar-refractivity contribution < 1.29 is 9.53 Å². The first-order valence-corrected chi connectivity index (χ1v) is 5.00. The maximum Gasteiger partial charge on any atom is 0.328 e. The van der Waals surface area contributed by atoms with Crippen LogP contribution in [0.1, 0.15) is 0 Å². The number of rotatable bonds is 1. The fraction of sp³-hybridized carbons (Fsp3) is 0.250. The standard InChI is InChI=1S/C12H14N2O2/c1-13(2)12(15)14-7-6-9-8-10(16-3)4-5-11(9)14/h4-8H,1-3H3. The zero-order chi connectivity index (χ0) is 11.7. The molecule has 16 heavy (non-hydrogen) atoms. The van der Waals surface area contributed by atoms with E-state index in [9.17, 15) is 4.79 Å². The van der Waals surface area contributed by atoms with Crippen molar-refractivity contribution in [3.63, 3.8) is 0 Å². The summed E-state index contributed by atoms with van der Waals surface area (Å²) >= 11 is 0. The van der Waals surface area contributed by atoms with Gasteiger partial charge in [0.05, 0.1) is 12.6 Å². The van der Waals surface area contributed by atoms with Crippen LogP contribution in [0.4, 0.5) is 4.79 Å². The minimum Gasteiger partial charge on any atom is -0.497 e. The Labute approximate surface area is 94.0 Å². The Kier molecular flexibility index (Phi) is 2.56. The number of benzene rings is 1. The lowest BCUT2D eigenvalue weighted by Crippen LogP contribution is -2.26. The first kappa shape index (κ1) is 10.5. The molecular formula is C12H14N2O2. The van der Waals surface area contributed by atoms with E-state index in [1.165, 1.54) is 0 Å². The number of hydrogen-bond acceptors (Lipinski definition) is 2. The molecule has 4 nitrogen and oxygen atoms in total. The number of carbonyl (C=O) groups excluding carboxylic acids is 1. The summed E-state index contributed by atoms with van der Waals surface area (Å²) in [5, 5.41) is 0.995. The number of hydrogen-bond donors (Lipinski definition) is 0. The van der Waals surface area contributed by atoms with Crippen molar-refractivity contribution >= 4 is 16.9 Å². The maximum atomic E-state index is 11.8. The Bertz CT molecular complexity index is 529. The zero-order valence-corrected chi connectivity index (χ0v) is 9.60. The smallest absolute Gasteiger partial charge is 0.328 e. The third kappa shape index (κ3) is 1.62. The molecule has 0 aliphatic carbocycles. The summed E-state index contributed by atoms with van der Waals surface area (Å²) in [5.74, 6) is 0.794. The summed E-state index contributed by atoms with van der Waals surface area (Å²) < 4.78 is 6.75. The molecule has 4 heteroatoms. The Balaban J connectivity index is 2.53. The first-order chi connectivity index (χ1) is 7.63. The van der Waals surface area contributed by atoms with Gasteiger partial charge >= 0.3 is 6.03 Å². The number of fused-ring (bicyclic) bond motifs is 1. The van der Waals surface area contributed by atoms with Crippen LogP contribution in [-0.2, 0) is 0 Å². The van der Waals surface area contributed by atoms with Crippen LogP contribution in [0.3, 0.4) is 0 Å². The van der Waals surface area contributed by atoms with Crippen LogP contribution in [0.2, 0.25) is 0 Å². The van der Waals surface area contributed by atoms with E-state index in [4.69, 9.17) is 4.74 Å². The van der Waals surface area contributed by atoms with Crippen molar-refractivity contribution in [3.05, 3.63) is 30.5 Å². The van der Waals surface area contributed by atoms with Gasteiger partial charge in [-0.25, -0.2) is 4.79 Å². The molecule has 0 fully saturated rings. The minimum atomic E-state index is -0.0554. The van der Waals surface area contributed by atoms with Crippen molar-refractivity contribution in [2.75, 3.05) is 21.2 Å². The molecule has 0 saturated carbocycles. The minimum absolute atomic E-state index is 0.0554. The van der Waals surface area contributed by atoms with Crippen LogP contribution in [0.5, 0.6) is 5.75 Å². The molecule has 0 aliphatic rings. The van der Waals surface area contributed by atoms with Gasteiger partial charge in [-0.2, -0.15) is 0 Å². The average molecular weight is 218 g/mol. The van der Waals surface area contributed by atoms with Crippen LogP contribution in [0, 0.1) is 0 Å². The molecule has 1 heterocycles. The largest absolute Gasteiger partial charge is 0.497 e. The molecule has 2 aromatic rings. The van der Waals surface area contributed by atoms with Crippen molar-refractivity contribution in [2.45, 2.75) is 0 Å². The van der Waals surface area contributed by atoms with E-state index in [0.717, 1.165) is 16.7 Å². The van der Waals surface area contributed by atoms with Gasteiger partial charge in [0.1, 0.15) is 5.75 Å². The topological polar surface area (TPSA) is 34.5 Å². The number of carbonyl (C=O) groups is 1. The molecular weight excluding hydrogens is 204 g/mol. The predicted molar refractivity (Wildman–Crippen MR) is 63.0 cm³/mol. The SMILES string of the molecule is COc1ccc2c(ccn2C(=O)N(C)C)c1. The van der Waals surface area contributed by atoms with Crippen LogP contribution >= 0.6 is 0 Å². The van der Waals surface area contributed by atoms with Crippen LogP contribution in [0.15, 0.2) is 30.5 Å². The van der Waals surface area contributed by atoms with Gasteiger partial charge in [0.2, 0.25) is 0 Å². The Hall–Kier alpha value is -1.97. The zero-order valence-electron chi connectivity index (χ0n) is 9.60. The summed E-state index contributed by atoms with van der Waals surface area (Å²) in [5.41, 5.74) is 0.888. The second-order valence-corrected chi connectivity index (χ2v) is 3.79. The third-order valence-corrected chi connectivity index (χ3v) is 2.49. The summed E-state index contributed by atoms with van der Waals surface area (Å²) in [6.07, 6.45) is 1.77. The van der Waals surface area contributed by atoms with E-state index >= 15 is 0 Å². The fourth-order valence-corrected chi connectivity index (χ4v) is 1.63. The normalized spacial score (nSPS) is 10.4. The molecule has 0 bridgehead atoms. The average Bonchev–Trinajstić information content (AvgIpc) is 2.70. The molecule has 2 rings (SSSR count). The van der Waals surface area contributed by atoms with E-state index in [1.807, 2.05) is 24.3 Å². The van der Waals surface area contributed by atoms with Gasteiger partial charge in [-0.1, -0.05) is 0 Å². The molecule has 0 spiro atoms. The van der Waals surface area contributed by atoms with Crippen molar-refractivity contribution in [1.29, 1.82) is 0 Å². The Morgan fingerprint density at radius 1 is 1.31 bits per heavy atom. The number of nitrogens with zero attached hydrogens (tertiary/aromatic N) is 2. The highest BCUT2D eigenvalue weighted by Crippen LogP contribution is 2.21. The molecule has 0 saturated heterocycles. The van der Waals surface area contributed by atoms with Gasteiger partial charge in [0.25, 0.3) is 0 Å². The van der Waals surface area contributed by atoms with Crippen molar-refractivity contribution in [3.8, 4) is 5.75 Å². The molecule has 0 aliphatic heterocycles. The lowest BCUT2D eigenvalue weighted by Gasteiger charge is -2.11. The number of aromatic nitrogens is 1. The van der Waals surface area contributed by atoms with Crippen molar-refractivity contribution in [2.24, 2.45) is 0 Å². The predicted octanol–water partition coefficient (Wildman–Crippen LogP) is 2.18. The number of ether oxygens (including phenoxy) is 1. The van der Waals surface area contributed by atoms with E-state index in [2.05, 4.69) is 0 Å². The second kappa shape index (κ2) is 3.89. The lowest BCUT2D eigenvalue weighted by atomic mass is 10.2. The maximum absolute atomic E-state index is 11.8. The molecule has 0 radical (unpaired) electrons. The van der Waals surface area contributed by atoms with Gasteiger partial charge in [0, 0.05) is 25.7 Å². The van der Waals surface area contributed by atoms with Gasteiger partial charge in [-0.3, -0.25) is 4.57 Å². The molecule has 0 atom stereocenters. The van der Waals surface area contributed by atoms with E-state index in [0.29, 0.717) is 0 Å². The van der Waals surface area contributed by atoms with Gasteiger partial charge < -0.3 is 9.64 Å². The van der Waals surface area contributed by atoms with Crippen LogP contribution < -0.4 is 4.74 Å². The van der Waals surface area contributed by atoms with Gasteiger partial charge in [-0.15, -0.1) is 0 Å². The summed E-state index contributed by atoms with van der Waals surface area (Å²) in [6, 6.07) is 7.49. The number of amides is 1. The molecule has 1 aromatic carbocycles. The fourth-order valence-electron chi connectivity index (χ4n) is 1.63. The molecule has 0 N–H and O–H groups in total. The lowest BCUT2D eigenvalue weighted by molar-refractivity contribution is 0.220. The van der Waals surface area contributed by atoms with E-state index < -0.39 is 0 Å². The van der Waals surface area contributed by atoms with E-state index in [-0.39, 0.29) is 6.03 Å². The van der Waals surface area contributed by atoms with Crippen LogP contribution in [0.25, 0.3) is 10.9 Å². The quantitative estimate of drug-likeness (QED) is 0.735. The van der Waals surface area contributed by atoms with Gasteiger partial charge in [0.15, 0.2) is 0 Å². The van der Waals surface area contributed by atoms with E-state index in [1.54, 1.807) is 36.9 Å². The highest BCUT2D eigenvalue weighted by Gasteiger charge is 2.10. The summed E-state index contributed by atoms with van der Waals surface area (Å²) in [7, 11) is 5.10. The summed E-state index contributed by atoms with van der Waals surface area (Å²) in [4.78, 5) is 13.4. The van der Waals surface area contributed by atoms with Crippen molar-refractivity contribution in [1.82, 2.24) is 9.47 Å². The highest BCUT2D eigenvalue weighted by atomic mass is 16.5. The molecule has 84 valence electrons. The molecule has 0 unspecified atom stereocenters. The Morgan fingerprint density at radius 3 is 2.69 bits per heavy atom. The third-order valence-electron chi connectivity index (χ3n) is 2.49. The number of methoxy groups -OCH3 is 1. The molecule has 1 aromatic heterocycles. The van der Waals surface area contributed by atoms with Crippen LogP contribution in [-0.4, -0.2) is 36.7 Å². The first-order valence-electron chi connectivity index (χ1n) is 5.00. The molecule has 1 amide bonds. The highest BCUT2D eigenvalue weighted by molar-refractivity contribution is 5.92. The van der Waals surface area contributed by atoms with Gasteiger partial charge in [-0.05, 0) is 24.3 Å². The Morgan fingerprint density at radius 2 is 2.06 bits per heavy atom. The monoisotopic (exact) mass is 218 g/mol. The second-order valence-electron chi connectivity index (χ2n) is 3.79. The summed E-state index contributed by atoms with van der Waals surface area (Å²) in [6.45, 7) is 0.